The molecule has 0 spiro atoms. The molecule has 30 heavy (non-hydrogen) atoms. The predicted octanol–water partition coefficient (Wildman–Crippen LogP) is 2.99. The summed E-state index contributed by atoms with van der Waals surface area (Å²) in [4.78, 5) is 35.5. The fourth-order valence-electron chi connectivity index (χ4n) is 2.41. The van der Waals surface area contributed by atoms with E-state index in [1.165, 1.54) is 0 Å². The monoisotopic (exact) mass is 433 g/mol. The van der Waals surface area contributed by atoms with Crippen LogP contribution in [0.15, 0.2) is 42.5 Å². The van der Waals surface area contributed by atoms with Gasteiger partial charge in [-0.2, -0.15) is 0 Å². The molecule has 8 nitrogen and oxygen atoms in total. The van der Waals surface area contributed by atoms with E-state index in [2.05, 4.69) is 16.2 Å². The second kappa shape index (κ2) is 11.7. The molecule has 0 aromatic heterocycles. The highest BCUT2D eigenvalue weighted by molar-refractivity contribution is 6.30. The maximum Gasteiger partial charge on any atom is 0.276 e. The van der Waals surface area contributed by atoms with Gasteiger partial charge in [0.05, 0.1) is 6.61 Å². The number of amides is 3. The Kier molecular flexibility index (Phi) is 8.96. The molecule has 0 atom stereocenters. The number of hydrogen-bond acceptors (Lipinski definition) is 5. The normalized spacial score (nSPS) is 10.1. The number of carbonyl (C=O) groups is 3. The zero-order valence-corrected chi connectivity index (χ0v) is 17.5. The smallest absolute Gasteiger partial charge is 0.276 e. The summed E-state index contributed by atoms with van der Waals surface area (Å²) in [5.74, 6) is -0.112. The van der Waals surface area contributed by atoms with E-state index in [1.54, 1.807) is 49.4 Å². The predicted molar refractivity (Wildman–Crippen MR) is 113 cm³/mol. The summed E-state index contributed by atoms with van der Waals surface area (Å²) in [5, 5.41) is 3.26. The molecule has 0 unspecified atom stereocenters. The van der Waals surface area contributed by atoms with Crippen molar-refractivity contribution < 1.29 is 23.9 Å². The Labute approximate surface area is 179 Å². The molecule has 0 radical (unpaired) electrons. The molecule has 0 aliphatic heterocycles. The van der Waals surface area contributed by atoms with Gasteiger partial charge in [-0.15, -0.1) is 0 Å². The van der Waals surface area contributed by atoms with Crippen LogP contribution in [0.1, 0.15) is 25.3 Å². The number of hydrogen-bond donors (Lipinski definition) is 3. The zero-order valence-electron chi connectivity index (χ0n) is 16.8. The molecule has 0 heterocycles. The molecular weight excluding hydrogens is 410 g/mol. The Hall–Kier alpha value is -3.26. The summed E-state index contributed by atoms with van der Waals surface area (Å²) in [5.41, 5.74) is 5.88. The van der Waals surface area contributed by atoms with Crippen molar-refractivity contribution in [2.45, 2.75) is 26.7 Å². The van der Waals surface area contributed by atoms with Crippen molar-refractivity contribution in [2.75, 3.05) is 18.5 Å². The van der Waals surface area contributed by atoms with Gasteiger partial charge in [-0.1, -0.05) is 11.6 Å². The number of hydrazine groups is 1. The number of rotatable bonds is 9. The van der Waals surface area contributed by atoms with Crippen LogP contribution in [0.2, 0.25) is 5.02 Å². The van der Waals surface area contributed by atoms with Crippen molar-refractivity contribution in [1.29, 1.82) is 0 Å². The average Bonchev–Trinajstić information content (AvgIpc) is 2.71. The van der Waals surface area contributed by atoms with Crippen LogP contribution >= 0.6 is 11.6 Å². The van der Waals surface area contributed by atoms with Crippen LogP contribution in [-0.4, -0.2) is 30.9 Å². The highest BCUT2D eigenvalue weighted by Crippen LogP contribution is 2.21. The van der Waals surface area contributed by atoms with Crippen molar-refractivity contribution in [3.63, 3.8) is 0 Å². The van der Waals surface area contributed by atoms with Gasteiger partial charge in [-0.05, 0) is 61.9 Å². The van der Waals surface area contributed by atoms with Crippen LogP contribution < -0.4 is 25.6 Å². The first-order chi connectivity index (χ1) is 14.4. The number of nitrogens with one attached hydrogen (secondary N) is 3. The number of anilines is 1. The third-order valence-electron chi connectivity index (χ3n) is 3.87. The largest absolute Gasteiger partial charge is 0.494 e. The first kappa shape index (κ1) is 23.0. The molecule has 2 aromatic rings. The molecule has 9 heteroatoms. The number of aryl methyl sites for hydroxylation is 1. The minimum Gasteiger partial charge on any atom is -0.494 e. The molecule has 0 aliphatic rings. The summed E-state index contributed by atoms with van der Waals surface area (Å²) >= 11 is 5.86. The molecule has 160 valence electrons. The lowest BCUT2D eigenvalue weighted by molar-refractivity contribution is -0.130. The third-order valence-corrected chi connectivity index (χ3v) is 4.10. The second-order valence-electron chi connectivity index (χ2n) is 6.30. The third kappa shape index (κ3) is 8.00. The Bertz CT molecular complexity index is 887. The topological polar surface area (TPSA) is 106 Å². The van der Waals surface area contributed by atoms with E-state index in [0.717, 1.165) is 5.56 Å². The molecule has 3 amide bonds. The fraction of sp³-hybridized carbons (Fsp3) is 0.286. The lowest BCUT2D eigenvalue weighted by Crippen LogP contribution is -2.44. The highest BCUT2D eigenvalue weighted by Gasteiger charge is 2.10. The second-order valence-corrected chi connectivity index (χ2v) is 6.74. The van der Waals surface area contributed by atoms with E-state index < -0.39 is 11.8 Å². The van der Waals surface area contributed by atoms with Crippen molar-refractivity contribution in [3.05, 3.63) is 53.1 Å². The van der Waals surface area contributed by atoms with Gasteiger partial charge >= 0.3 is 0 Å². The quantitative estimate of drug-likeness (QED) is 0.527. The maximum atomic E-state index is 11.9. The van der Waals surface area contributed by atoms with E-state index >= 15 is 0 Å². The lowest BCUT2D eigenvalue weighted by atomic mass is 10.2. The SMILES string of the molecule is CCOc1ccc(NC(=O)CCC(=O)NNC(=O)COc2ccc(Cl)cc2C)cc1. The molecule has 0 fully saturated rings. The minimum absolute atomic E-state index is 0.0324. The van der Waals surface area contributed by atoms with Crippen LogP contribution in [-0.2, 0) is 14.4 Å². The summed E-state index contributed by atoms with van der Waals surface area (Å²) < 4.78 is 10.7. The lowest BCUT2D eigenvalue weighted by Gasteiger charge is -2.11. The molecule has 3 N–H and O–H groups in total. The molecule has 2 aromatic carbocycles. The van der Waals surface area contributed by atoms with Crippen molar-refractivity contribution in [1.82, 2.24) is 10.9 Å². The summed E-state index contributed by atoms with van der Waals surface area (Å²) in [7, 11) is 0. The Morgan fingerprint density at radius 1 is 0.900 bits per heavy atom. The van der Waals surface area contributed by atoms with Gasteiger partial charge in [0, 0.05) is 23.6 Å². The van der Waals surface area contributed by atoms with Crippen LogP contribution in [0.5, 0.6) is 11.5 Å². The van der Waals surface area contributed by atoms with Gasteiger partial charge in [0.2, 0.25) is 11.8 Å². The van der Waals surface area contributed by atoms with Crippen molar-refractivity contribution in [3.8, 4) is 11.5 Å². The number of benzene rings is 2. The molecule has 0 bridgehead atoms. The van der Waals surface area contributed by atoms with E-state index in [9.17, 15) is 14.4 Å². The van der Waals surface area contributed by atoms with E-state index in [4.69, 9.17) is 21.1 Å². The molecule has 0 saturated carbocycles. The van der Waals surface area contributed by atoms with Crippen molar-refractivity contribution >= 4 is 35.0 Å². The van der Waals surface area contributed by atoms with Gasteiger partial charge in [-0.3, -0.25) is 25.2 Å². The Balaban J connectivity index is 1.65. The minimum atomic E-state index is -0.531. The van der Waals surface area contributed by atoms with Gasteiger partial charge < -0.3 is 14.8 Å². The first-order valence-electron chi connectivity index (χ1n) is 9.36. The number of halogens is 1. The average molecular weight is 434 g/mol. The van der Waals surface area contributed by atoms with Gasteiger partial charge in [0.1, 0.15) is 11.5 Å². The molecule has 2 rings (SSSR count). The number of carbonyl (C=O) groups excluding carboxylic acids is 3. The van der Waals surface area contributed by atoms with E-state index in [-0.39, 0.29) is 25.4 Å². The zero-order chi connectivity index (χ0) is 21.9. The summed E-state index contributed by atoms with van der Waals surface area (Å²) in [6.45, 7) is 3.97. The van der Waals surface area contributed by atoms with E-state index in [1.807, 2.05) is 6.92 Å². The first-order valence-corrected chi connectivity index (χ1v) is 9.74. The van der Waals surface area contributed by atoms with Crippen LogP contribution in [0.25, 0.3) is 0 Å². The molecular formula is C21H24ClN3O5. The standard InChI is InChI=1S/C21H24ClN3O5/c1-3-29-17-7-5-16(6-8-17)23-19(26)10-11-20(27)24-25-21(28)13-30-18-9-4-15(22)12-14(18)2/h4-9,12H,3,10-11,13H2,1-2H3,(H,23,26)(H,24,27)(H,25,28). The maximum absolute atomic E-state index is 11.9. The molecule has 0 aliphatic carbocycles. The summed E-state index contributed by atoms with van der Waals surface area (Å²) in [6.07, 6.45) is -0.115. The van der Waals surface area contributed by atoms with Crippen molar-refractivity contribution in [2.24, 2.45) is 0 Å². The van der Waals surface area contributed by atoms with Gasteiger partial charge in [-0.25, -0.2) is 0 Å². The molecule has 0 saturated heterocycles. The van der Waals surface area contributed by atoms with Crippen LogP contribution in [0, 0.1) is 6.92 Å². The van der Waals surface area contributed by atoms with Crippen LogP contribution in [0.4, 0.5) is 5.69 Å². The van der Waals surface area contributed by atoms with Crippen LogP contribution in [0.3, 0.4) is 0 Å². The fourth-order valence-corrected chi connectivity index (χ4v) is 2.63. The number of ether oxygens (including phenoxy) is 2. The summed E-state index contributed by atoms with van der Waals surface area (Å²) in [6, 6.07) is 11.9. The van der Waals surface area contributed by atoms with Gasteiger partial charge in [0.15, 0.2) is 6.61 Å². The van der Waals surface area contributed by atoms with Gasteiger partial charge in [0.25, 0.3) is 5.91 Å². The Morgan fingerprint density at radius 2 is 1.57 bits per heavy atom. The Morgan fingerprint density at radius 3 is 2.23 bits per heavy atom. The highest BCUT2D eigenvalue weighted by atomic mass is 35.5. The van der Waals surface area contributed by atoms with E-state index in [0.29, 0.717) is 28.8 Å².